The topological polar surface area (TPSA) is 50.7 Å². The monoisotopic (exact) mass is 316 g/mol. The highest BCUT2D eigenvalue weighted by molar-refractivity contribution is 6.01. The summed E-state index contributed by atoms with van der Waals surface area (Å²) >= 11 is 0. The Hall–Kier alpha value is -2.43. The van der Waals surface area contributed by atoms with E-state index in [4.69, 9.17) is 4.74 Å². The van der Waals surface area contributed by atoms with Gasteiger partial charge in [0.05, 0.1) is 5.71 Å². The van der Waals surface area contributed by atoms with Crippen molar-refractivity contribution in [3.05, 3.63) is 53.9 Å². The molecule has 1 N–H and O–H groups in total. The van der Waals surface area contributed by atoms with Gasteiger partial charge in [-0.15, -0.1) is 0 Å². The van der Waals surface area contributed by atoms with E-state index < -0.39 is 5.82 Å². The van der Waals surface area contributed by atoms with Crippen LogP contribution in [0.1, 0.15) is 26.7 Å². The lowest BCUT2D eigenvalue weighted by atomic mass is 9.85. The van der Waals surface area contributed by atoms with Crippen LogP contribution in [0.25, 0.3) is 0 Å². The van der Waals surface area contributed by atoms with Crippen LogP contribution in [0.2, 0.25) is 0 Å². The van der Waals surface area contributed by atoms with E-state index in [0.29, 0.717) is 11.7 Å². The zero-order chi connectivity index (χ0) is 16.8. The molecule has 1 aliphatic carbocycles. The number of carbonyl (C=O) groups is 1. The van der Waals surface area contributed by atoms with Crippen molar-refractivity contribution in [3.63, 3.8) is 0 Å². The maximum absolute atomic E-state index is 13.0. The maximum atomic E-state index is 13.0. The third kappa shape index (κ3) is 5.06. The summed E-state index contributed by atoms with van der Waals surface area (Å²) in [7, 11) is 0. The predicted molar refractivity (Wildman–Crippen MR) is 88.8 cm³/mol. The van der Waals surface area contributed by atoms with Crippen LogP contribution in [0.3, 0.4) is 0 Å². The molecule has 0 saturated heterocycles. The molecule has 1 atom stereocenters. The molecule has 0 aliphatic heterocycles. The van der Waals surface area contributed by atoms with Gasteiger partial charge in [-0.1, -0.05) is 24.3 Å². The average Bonchev–Trinajstić information content (AvgIpc) is 2.52. The minimum absolute atomic E-state index is 0.215. The second-order valence-electron chi connectivity index (χ2n) is 5.71. The van der Waals surface area contributed by atoms with Crippen molar-refractivity contribution in [3.8, 4) is 5.75 Å². The molecule has 2 rings (SSSR count). The molecule has 0 heterocycles. The first kappa shape index (κ1) is 16.9. The van der Waals surface area contributed by atoms with Gasteiger partial charge in [0.2, 0.25) is 0 Å². The summed E-state index contributed by atoms with van der Waals surface area (Å²) in [6.45, 7) is 7.74. The standard InChI is InChI=1S/C18H21FN2O2/c1-12(2)14-8-7-13(3)17(9-14)20-21-18(22)11-23-16-6-4-5-15(19)10-16/h4-7,10,14H,1,8-9,11H2,2-3H3,(H,21,22)/t14-/m0/s1. The Morgan fingerprint density at radius 2 is 2.30 bits per heavy atom. The molecule has 0 saturated carbocycles. The molecule has 1 aliphatic rings. The molecule has 0 fully saturated rings. The third-order valence-corrected chi connectivity index (χ3v) is 3.78. The van der Waals surface area contributed by atoms with Crippen molar-refractivity contribution in [2.45, 2.75) is 26.7 Å². The number of halogens is 1. The van der Waals surface area contributed by atoms with Gasteiger partial charge in [0, 0.05) is 6.07 Å². The zero-order valence-electron chi connectivity index (χ0n) is 13.4. The second-order valence-corrected chi connectivity index (χ2v) is 5.71. The van der Waals surface area contributed by atoms with E-state index in [1.807, 2.05) is 13.8 Å². The summed E-state index contributed by atoms with van der Waals surface area (Å²) in [5.41, 5.74) is 5.51. The fraction of sp³-hybridized carbons (Fsp3) is 0.333. The van der Waals surface area contributed by atoms with Crippen LogP contribution >= 0.6 is 0 Å². The van der Waals surface area contributed by atoms with E-state index in [1.54, 1.807) is 6.07 Å². The normalized spacial score (nSPS) is 19.2. The molecule has 0 spiro atoms. The number of rotatable bonds is 5. The van der Waals surface area contributed by atoms with Crippen LogP contribution in [-0.4, -0.2) is 18.2 Å². The molecule has 23 heavy (non-hydrogen) atoms. The van der Waals surface area contributed by atoms with Crippen molar-refractivity contribution in [2.75, 3.05) is 6.61 Å². The summed E-state index contributed by atoms with van der Waals surface area (Å²) < 4.78 is 18.2. The Labute approximate surface area is 135 Å². The van der Waals surface area contributed by atoms with Crippen molar-refractivity contribution in [1.29, 1.82) is 0 Å². The lowest BCUT2D eigenvalue weighted by Gasteiger charge is -2.22. The Bertz CT molecular complexity index is 665. The van der Waals surface area contributed by atoms with Crippen LogP contribution < -0.4 is 10.2 Å². The van der Waals surface area contributed by atoms with Gasteiger partial charge in [0.25, 0.3) is 5.91 Å². The van der Waals surface area contributed by atoms with Crippen LogP contribution in [0, 0.1) is 11.7 Å². The molecular weight excluding hydrogens is 295 g/mol. The van der Waals surface area contributed by atoms with Gasteiger partial charge in [0.15, 0.2) is 6.61 Å². The summed E-state index contributed by atoms with van der Waals surface area (Å²) in [5.74, 6) is -0.120. The highest BCUT2D eigenvalue weighted by Gasteiger charge is 2.18. The molecule has 1 amide bonds. The summed E-state index contributed by atoms with van der Waals surface area (Å²) in [4.78, 5) is 11.8. The second kappa shape index (κ2) is 7.72. The number of benzene rings is 1. The Balaban J connectivity index is 1.88. The smallest absolute Gasteiger partial charge is 0.277 e. The highest BCUT2D eigenvalue weighted by Crippen LogP contribution is 2.26. The van der Waals surface area contributed by atoms with Gasteiger partial charge < -0.3 is 4.74 Å². The number of hydrogen-bond donors (Lipinski definition) is 1. The van der Waals surface area contributed by atoms with E-state index >= 15 is 0 Å². The molecule has 4 nitrogen and oxygen atoms in total. The quantitative estimate of drug-likeness (QED) is 0.666. The van der Waals surface area contributed by atoms with Gasteiger partial charge in [-0.05, 0) is 50.3 Å². The van der Waals surface area contributed by atoms with Gasteiger partial charge in [0.1, 0.15) is 11.6 Å². The number of hydrogen-bond acceptors (Lipinski definition) is 3. The van der Waals surface area contributed by atoms with E-state index in [9.17, 15) is 9.18 Å². The molecular formula is C18H21FN2O2. The Kier molecular flexibility index (Phi) is 5.68. The van der Waals surface area contributed by atoms with Crippen LogP contribution in [0.4, 0.5) is 4.39 Å². The molecule has 1 aromatic carbocycles. The van der Waals surface area contributed by atoms with Gasteiger partial charge >= 0.3 is 0 Å². The van der Waals surface area contributed by atoms with E-state index in [2.05, 4.69) is 23.2 Å². The number of allylic oxidation sites excluding steroid dienone is 3. The Morgan fingerprint density at radius 1 is 1.52 bits per heavy atom. The average molecular weight is 316 g/mol. The number of nitrogens with zero attached hydrogens (tertiary/aromatic N) is 1. The first-order chi connectivity index (χ1) is 11.0. The molecule has 0 unspecified atom stereocenters. The number of hydrazone groups is 1. The molecule has 122 valence electrons. The summed E-state index contributed by atoms with van der Waals surface area (Å²) in [6, 6.07) is 5.66. The highest BCUT2D eigenvalue weighted by atomic mass is 19.1. The van der Waals surface area contributed by atoms with Gasteiger partial charge in [-0.2, -0.15) is 5.10 Å². The van der Waals surface area contributed by atoms with Crippen molar-refractivity contribution < 1.29 is 13.9 Å². The number of amides is 1. The summed E-state index contributed by atoms with van der Waals surface area (Å²) in [6.07, 6.45) is 3.83. The zero-order valence-corrected chi connectivity index (χ0v) is 13.4. The fourth-order valence-corrected chi connectivity index (χ4v) is 2.29. The minimum Gasteiger partial charge on any atom is -0.484 e. The first-order valence-corrected chi connectivity index (χ1v) is 7.52. The molecule has 1 aromatic rings. The van der Waals surface area contributed by atoms with Crippen molar-refractivity contribution >= 4 is 11.6 Å². The molecule has 0 radical (unpaired) electrons. The fourth-order valence-electron chi connectivity index (χ4n) is 2.29. The number of nitrogens with one attached hydrogen (secondary N) is 1. The minimum atomic E-state index is -0.406. The van der Waals surface area contributed by atoms with Crippen LogP contribution in [-0.2, 0) is 4.79 Å². The predicted octanol–water partition coefficient (Wildman–Crippen LogP) is 3.61. The lowest BCUT2D eigenvalue weighted by Crippen LogP contribution is -2.27. The van der Waals surface area contributed by atoms with E-state index in [0.717, 1.165) is 29.7 Å². The first-order valence-electron chi connectivity index (χ1n) is 7.52. The van der Waals surface area contributed by atoms with Gasteiger partial charge in [-0.3, -0.25) is 4.79 Å². The van der Waals surface area contributed by atoms with Crippen molar-refractivity contribution in [2.24, 2.45) is 11.0 Å². The molecule has 0 aromatic heterocycles. The molecule has 0 bridgehead atoms. The van der Waals surface area contributed by atoms with Crippen LogP contribution in [0.5, 0.6) is 5.75 Å². The summed E-state index contributed by atoms with van der Waals surface area (Å²) in [5, 5.41) is 4.18. The van der Waals surface area contributed by atoms with Gasteiger partial charge in [-0.25, -0.2) is 9.82 Å². The van der Waals surface area contributed by atoms with E-state index in [-0.39, 0.29) is 12.5 Å². The maximum Gasteiger partial charge on any atom is 0.277 e. The third-order valence-electron chi connectivity index (χ3n) is 3.78. The van der Waals surface area contributed by atoms with Crippen molar-refractivity contribution in [1.82, 2.24) is 5.43 Å². The SMILES string of the molecule is C=C(C)[C@H]1CC=C(C)C(=NNC(=O)COc2cccc(F)c2)C1. The Morgan fingerprint density at radius 3 is 3.00 bits per heavy atom. The number of carbonyl (C=O) groups excluding carboxylic acids is 1. The van der Waals surface area contributed by atoms with Crippen LogP contribution in [0.15, 0.2) is 53.2 Å². The largest absolute Gasteiger partial charge is 0.484 e. The number of ether oxygens (including phenoxy) is 1. The molecule has 5 heteroatoms. The van der Waals surface area contributed by atoms with E-state index in [1.165, 1.54) is 18.2 Å². The lowest BCUT2D eigenvalue weighted by molar-refractivity contribution is -0.123.